The normalized spacial score (nSPS) is 9.65. The van der Waals surface area contributed by atoms with E-state index in [0.717, 1.165) is 11.3 Å². The first-order chi connectivity index (χ1) is 9.27. The molecule has 0 atom stereocenters. The lowest BCUT2D eigenvalue weighted by Crippen LogP contribution is -2.20. The Balaban J connectivity index is 0.00000361. The summed E-state index contributed by atoms with van der Waals surface area (Å²) in [6.45, 7) is 2.47. The second-order valence-electron chi connectivity index (χ2n) is 3.76. The van der Waals surface area contributed by atoms with Crippen LogP contribution < -0.4 is 10.1 Å². The maximum atomic E-state index is 8.56. The van der Waals surface area contributed by atoms with Crippen molar-refractivity contribution in [3.8, 4) is 18.1 Å². The summed E-state index contributed by atoms with van der Waals surface area (Å²) in [5.74, 6) is 3.16. The van der Waals surface area contributed by atoms with Crippen molar-refractivity contribution in [2.75, 3.05) is 33.0 Å². The van der Waals surface area contributed by atoms with E-state index in [9.17, 15) is 0 Å². The van der Waals surface area contributed by atoms with E-state index < -0.39 is 0 Å². The average molecular weight is 320 g/mol. The fourth-order valence-electron chi connectivity index (χ4n) is 1.48. The number of ether oxygens (including phenoxy) is 2. The van der Waals surface area contributed by atoms with Crippen molar-refractivity contribution in [2.24, 2.45) is 0 Å². The van der Waals surface area contributed by atoms with Gasteiger partial charge in [-0.2, -0.15) is 0 Å². The van der Waals surface area contributed by atoms with Gasteiger partial charge in [0.2, 0.25) is 0 Å². The third-order valence-corrected chi connectivity index (χ3v) is 2.54. The molecule has 0 amide bonds. The van der Waals surface area contributed by atoms with E-state index in [1.807, 2.05) is 6.07 Å². The molecule has 0 aliphatic carbocycles. The Morgan fingerprint density at radius 2 is 2.15 bits per heavy atom. The van der Waals surface area contributed by atoms with Gasteiger partial charge in [-0.1, -0.05) is 17.5 Å². The average Bonchev–Trinajstić information content (AvgIpc) is 2.42. The van der Waals surface area contributed by atoms with Crippen LogP contribution in [0.5, 0.6) is 5.75 Å². The number of hydrogen-bond acceptors (Lipinski definition) is 4. The van der Waals surface area contributed by atoms with Crippen molar-refractivity contribution in [3.63, 3.8) is 0 Å². The molecule has 1 aromatic carbocycles. The Hall–Kier alpha value is -0.960. The number of aliphatic hydroxyl groups is 1. The Labute approximate surface area is 130 Å². The fourth-order valence-corrected chi connectivity index (χ4v) is 1.68. The van der Waals surface area contributed by atoms with Gasteiger partial charge in [0.25, 0.3) is 0 Å². The van der Waals surface area contributed by atoms with Crippen LogP contribution in [-0.2, 0) is 11.3 Å². The molecule has 0 spiro atoms. The van der Waals surface area contributed by atoms with Crippen LogP contribution in [0.25, 0.3) is 0 Å². The van der Waals surface area contributed by atoms with Gasteiger partial charge >= 0.3 is 0 Å². The molecule has 6 heteroatoms. The lowest BCUT2D eigenvalue weighted by Gasteiger charge is -2.11. The lowest BCUT2D eigenvalue weighted by atomic mass is 10.2. The van der Waals surface area contributed by atoms with E-state index in [1.165, 1.54) is 0 Å². The summed E-state index contributed by atoms with van der Waals surface area (Å²) in [6, 6.07) is 5.41. The van der Waals surface area contributed by atoms with Crippen molar-refractivity contribution < 1.29 is 14.6 Å². The van der Waals surface area contributed by atoms with Gasteiger partial charge in [0.15, 0.2) is 0 Å². The number of nitrogens with one attached hydrogen (secondary N) is 1. The van der Waals surface area contributed by atoms with E-state index in [1.54, 1.807) is 12.1 Å². The van der Waals surface area contributed by atoms with E-state index in [0.29, 0.717) is 31.3 Å². The molecule has 0 aliphatic heterocycles. The molecular formula is C14H19Cl2NO3. The molecule has 1 aromatic rings. The quantitative estimate of drug-likeness (QED) is 0.539. The summed E-state index contributed by atoms with van der Waals surface area (Å²) >= 11 is 5.96. The highest BCUT2D eigenvalue weighted by Gasteiger charge is 2.04. The minimum atomic E-state index is 0. The first kappa shape index (κ1) is 19.0. The van der Waals surface area contributed by atoms with Crippen molar-refractivity contribution in [3.05, 3.63) is 28.8 Å². The number of aliphatic hydroxyl groups excluding tert-OH is 1. The van der Waals surface area contributed by atoms with Gasteiger partial charge in [0.05, 0.1) is 19.8 Å². The van der Waals surface area contributed by atoms with Crippen LogP contribution in [0.3, 0.4) is 0 Å². The molecule has 112 valence electrons. The topological polar surface area (TPSA) is 50.7 Å². The van der Waals surface area contributed by atoms with Crippen LogP contribution in [0.4, 0.5) is 0 Å². The molecule has 0 fully saturated rings. The smallest absolute Gasteiger partial charge is 0.148 e. The van der Waals surface area contributed by atoms with Crippen LogP contribution in [0.1, 0.15) is 5.56 Å². The molecule has 1 rings (SSSR count). The first-order valence-corrected chi connectivity index (χ1v) is 6.39. The summed E-state index contributed by atoms with van der Waals surface area (Å²) < 4.78 is 10.6. The number of terminal acetylenes is 1. The Morgan fingerprint density at radius 1 is 1.35 bits per heavy atom. The fraction of sp³-hybridized carbons (Fsp3) is 0.429. The van der Waals surface area contributed by atoms with Gasteiger partial charge in [0.1, 0.15) is 12.4 Å². The molecule has 2 N–H and O–H groups in total. The summed E-state index contributed by atoms with van der Waals surface area (Å²) in [7, 11) is 0. The largest absolute Gasteiger partial charge is 0.481 e. The van der Waals surface area contributed by atoms with Gasteiger partial charge in [0, 0.05) is 23.7 Å². The Morgan fingerprint density at radius 3 is 2.85 bits per heavy atom. The molecular weight excluding hydrogens is 301 g/mol. The zero-order chi connectivity index (χ0) is 13.9. The Kier molecular flexibility index (Phi) is 11.3. The van der Waals surface area contributed by atoms with Gasteiger partial charge in [-0.15, -0.1) is 18.8 Å². The minimum Gasteiger partial charge on any atom is -0.481 e. The third-order valence-electron chi connectivity index (χ3n) is 2.31. The maximum Gasteiger partial charge on any atom is 0.148 e. The van der Waals surface area contributed by atoms with Gasteiger partial charge < -0.3 is 19.9 Å². The molecule has 0 unspecified atom stereocenters. The summed E-state index contributed by atoms with van der Waals surface area (Å²) in [4.78, 5) is 0. The molecule has 0 heterocycles. The number of benzene rings is 1. The predicted octanol–water partition coefficient (Wildman–Crippen LogP) is 1.87. The van der Waals surface area contributed by atoms with Gasteiger partial charge in [-0.05, 0) is 18.2 Å². The molecule has 0 aliphatic rings. The zero-order valence-electron chi connectivity index (χ0n) is 11.1. The van der Waals surface area contributed by atoms with Gasteiger partial charge in [-0.25, -0.2) is 0 Å². The molecule has 0 aromatic heterocycles. The second kappa shape index (κ2) is 11.8. The van der Waals surface area contributed by atoms with Crippen molar-refractivity contribution in [2.45, 2.75) is 6.54 Å². The van der Waals surface area contributed by atoms with E-state index in [4.69, 9.17) is 32.6 Å². The molecule has 20 heavy (non-hydrogen) atoms. The van der Waals surface area contributed by atoms with Crippen LogP contribution in [0, 0.1) is 12.3 Å². The third kappa shape index (κ3) is 7.59. The highest BCUT2D eigenvalue weighted by molar-refractivity contribution is 6.30. The maximum absolute atomic E-state index is 8.56. The van der Waals surface area contributed by atoms with Crippen molar-refractivity contribution in [1.82, 2.24) is 5.32 Å². The highest BCUT2D eigenvalue weighted by Crippen LogP contribution is 2.22. The lowest BCUT2D eigenvalue weighted by molar-refractivity contribution is 0.0937. The van der Waals surface area contributed by atoms with Crippen LogP contribution in [0.15, 0.2) is 18.2 Å². The Bertz CT molecular complexity index is 421. The first-order valence-electron chi connectivity index (χ1n) is 6.02. The molecule has 0 bridgehead atoms. The number of halogens is 2. The van der Waals surface area contributed by atoms with E-state index in [2.05, 4.69) is 11.2 Å². The standard InChI is InChI=1S/C14H18ClNO3.ClH/c1-2-7-19-14-4-3-13(15)10-12(14)11-16-5-8-18-9-6-17;/h1,3-4,10,16-17H,5-9,11H2;1H. The van der Waals surface area contributed by atoms with Crippen molar-refractivity contribution >= 4 is 24.0 Å². The predicted molar refractivity (Wildman–Crippen MR) is 82.6 cm³/mol. The van der Waals surface area contributed by atoms with E-state index >= 15 is 0 Å². The number of rotatable bonds is 9. The highest BCUT2D eigenvalue weighted by atomic mass is 35.5. The summed E-state index contributed by atoms with van der Waals surface area (Å²) in [6.07, 6.45) is 5.17. The van der Waals surface area contributed by atoms with Crippen LogP contribution >= 0.6 is 24.0 Å². The van der Waals surface area contributed by atoms with E-state index in [-0.39, 0.29) is 25.6 Å². The minimum absolute atomic E-state index is 0. The summed E-state index contributed by atoms with van der Waals surface area (Å²) in [5, 5.41) is 12.4. The van der Waals surface area contributed by atoms with Crippen molar-refractivity contribution in [1.29, 1.82) is 0 Å². The van der Waals surface area contributed by atoms with Crippen LogP contribution in [-0.4, -0.2) is 38.1 Å². The second-order valence-corrected chi connectivity index (χ2v) is 4.19. The zero-order valence-corrected chi connectivity index (χ0v) is 12.7. The number of hydrogen-bond donors (Lipinski definition) is 2. The SMILES string of the molecule is C#CCOc1ccc(Cl)cc1CNCCOCCO.Cl. The van der Waals surface area contributed by atoms with Crippen LogP contribution in [0.2, 0.25) is 5.02 Å². The molecule has 0 saturated heterocycles. The monoisotopic (exact) mass is 319 g/mol. The molecule has 4 nitrogen and oxygen atoms in total. The molecule has 0 saturated carbocycles. The van der Waals surface area contributed by atoms with Gasteiger partial charge in [-0.3, -0.25) is 0 Å². The summed E-state index contributed by atoms with van der Waals surface area (Å²) in [5.41, 5.74) is 0.949. The molecule has 0 radical (unpaired) electrons.